The Balaban J connectivity index is -0.000000117. The highest BCUT2D eigenvalue weighted by Gasteiger charge is 1.98. The van der Waals surface area contributed by atoms with Crippen LogP contribution in [0.5, 0.6) is 0 Å². The lowest BCUT2D eigenvalue weighted by Gasteiger charge is -2.07. The van der Waals surface area contributed by atoms with Crippen LogP contribution in [0.1, 0.15) is 172 Å². The van der Waals surface area contributed by atoms with Gasteiger partial charge in [-0.3, -0.25) is 0 Å². The van der Waals surface area contributed by atoms with E-state index in [9.17, 15) is 0 Å². The van der Waals surface area contributed by atoms with E-state index >= 15 is 0 Å². The quantitative estimate of drug-likeness (QED) is 0.225. The van der Waals surface area contributed by atoms with E-state index in [1.807, 2.05) is 20.8 Å². The lowest BCUT2D eigenvalue weighted by Crippen LogP contribution is -2.10. The summed E-state index contributed by atoms with van der Waals surface area (Å²) in [5.41, 5.74) is 10.3. The number of hydrogen-bond acceptors (Lipinski definition) is 2. The van der Waals surface area contributed by atoms with E-state index in [0.29, 0.717) is 0 Å². The molecule has 0 rings (SSSR count). The summed E-state index contributed by atoms with van der Waals surface area (Å²) in [6.07, 6.45) is 22.5. The van der Waals surface area contributed by atoms with Crippen LogP contribution in [0.4, 0.5) is 0 Å². The first-order valence-electron chi connectivity index (χ1n) is 14.8. The zero-order valence-corrected chi connectivity index (χ0v) is 25.0. The lowest BCUT2D eigenvalue weighted by molar-refractivity contribution is 0.470. The molecule has 0 spiro atoms. The first-order valence-corrected chi connectivity index (χ1v) is 14.8. The topological polar surface area (TPSA) is 52.0 Å². The molecule has 0 aliphatic carbocycles. The molecule has 0 aliphatic rings. The van der Waals surface area contributed by atoms with E-state index in [4.69, 9.17) is 11.5 Å². The molecule has 2 nitrogen and oxygen atoms in total. The molecule has 0 heterocycles. The van der Waals surface area contributed by atoms with Gasteiger partial charge in [0.05, 0.1) is 0 Å². The molecular weight excluding hydrogens is 388 g/mol. The number of unbranched alkanes of at least 4 members (excludes halogenated alkanes) is 10. The van der Waals surface area contributed by atoms with Crippen LogP contribution in [-0.2, 0) is 0 Å². The Morgan fingerprint density at radius 2 is 0.781 bits per heavy atom. The van der Waals surface area contributed by atoms with Gasteiger partial charge in [-0.05, 0) is 31.3 Å². The molecule has 0 saturated carbocycles. The third-order valence-corrected chi connectivity index (χ3v) is 5.20. The van der Waals surface area contributed by atoms with Crippen molar-refractivity contribution in [1.82, 2.24) is 0 Å². The molecule has 0 bridgehead atoms. The summed E-state index contributed by atoms with van der Waals surface area (Å²) in [4.78, 5) is 0. The fourth-order valence-corrected chi connectivity index (χ4v) is 2.87. The Hall–Kier alpha value is -0.0800. The fourth-order valence-electron chi connectivity index (χ4n) is 2.87. The van der Waals surface area contributed by atoms with Crippen molar-refractivity contribution in [3.63, 3.8) is 0 Å². The Morgan fingerprint density at radius 3 is 1.09 bits per heavy atom. The number of rotatable bonds is 16. The van der Waals surface area contributed by atoms with Gasteiger partial charge in [-0.25, -0.2) is 0 Å². The van der Waals surface area contributed by atoms with Crippen LogP contribution in [0.25, 0.3) is 0 Å². The van der Waals surface area contributed by atoms with Gasteiger partial charge in [0.25, 0.3) is 0 Å². The second kappa shape index (κ2) is 48.4. The van der Waals surface area contributed by atoms with Crippen molar-refractivity contribution in [3.05, 3.63) is 0 Å². The average molecular weight is 461 g/mol. The van der Waals surface area contributed by atoms with Crippen LogP contribution < -0.4 is 11.5 Å². The van der Waals surface area contributed by atoms with Crippen LogP contribution in [0.15, 0.2) is 0 Å². The number of nitrogens with two attached hydrogens (primary N) is 2. The number of hydrogen-bond donors (Lipinski definition) is 2. The molecular formula is C30H72N2. The minimum absolute atomic E-state index is 0.733. The van der Waals surface area contributed by atoms with Gasteiger partial charge in [-0.15, -0.1) is 0 Å². The predicted octanol–water partition coefficient (Wildman–Crippen LogP) is 10.5. The summed E-state index contributed by atoms with van der Waals surface area (Å²) >= 11 is 0. The summed E-state index contributed by atoms with van der Waals surface area (Å²) < 4.78 is 0. The first kappa shape index (κ1) is 42.1. The fraction of sp³-hybridized carbons (Fsp3) is 1.00. The van der Waals surface area contributed by atoms with Gasteiger partial charge in [0, 0.05) is 0 Å². The molecule has 0 aromatic carbocycles. The highest BCUT2D eigenvalue weighted by Crippen LogP contribution is 2.14. The molecule has 0 amide bonds. The van der Waals surface area contributed by atoms with Gasteiger partial charge >= 0.3 is 0 Å². The van der Waals surface area contributed by atoms with Crippen molar-refractivity contribution in [3.8, 4) is 0 Å². The minimum atomic E-state index is 0.733. The van der Waals surface area contributed by atoms with E-state index in [1.54, 1.807) is 0 Å². The maximum absolute atomic E-state index is 5.49. The van der Waals surface area contributed by atoms with Gasteiger partial charge < -0.3 is 11.5 Å². The summed E-state index contributed by atoms with van der Waals surface area (Å²) in [7, 11) is 0. The maximum Gasteiger partial charge on any atom is -0.00515 e. The van der Waals surface area contributed by atoms with Crippen molar-refractivity contribution < 1.29 is 0 Å². The molecule has 0 aromatic heterocycles. The molecule has 2 atom stereocenters. The lowest BCUT2D eigenvalue weighted by atomic mass is 10.00. The molecule has 32 heavy (non-hydrogen) atoms. The predicted molar refractivity (Wildman–Crippen MR) is 156 cm³/mol. The first-order chi connectivity index (χ1) is 15.4. The molecule has 2 unspecified atom stereocenters. The van der Waals surface area contributed by atoms with E-state index in [-0.39, 0.29) is 0 Å². The van der Waals surface area contributed by atoms with E-state index in [2.05, 4.69) is 48.5 Å². The van der Waals surface area contributed by atoms with Crippen LogP contribution in [0.2, 0.25) is 0 Å². The van der Waals surface area contributed by atoms with Crippen molar-refractivity contribution >= 4 is 0 Å². The Bertz CT molecular complexity index is 229. The third kappa shape index (κ3) is 63.1. The van der Waals surface area contributed by atoms with Crippen LogP contribution in [-0.4, -0.2) is 13.1 Å². The standard InChI is InChI=1S/C14H30.C9H21N.C3H8.C2H7N.C2H6/c1-4-6-7-8-9-10-11-12-13-14(3)5-2;1-3-4-5-6-7-9(2)8-10;1-3-2;1-2-3;1-2/h14H,4-13H2,1-3H3;9H,3-8,10H2,1-2H3;3H2,1-2H3;2-3H2,1H3;1-2H3. The minimum Gasteiger partial charge on any atom is -0.331 e. The summed E-state index contributed by atoms with van der Waals surface area (Å²) in [6.45, 7) is 23.2. The maximum atomic E-state index is 5.49. The summed E-state index contributed by atoms with van der Waals surface area (Å²) in [6, 6.07) is 0. The highest BCUT2D eigenvalue weighted by atomic mass is 14.5. The van der Waals surface area contributed by atoms with Gasteiger partial charge in [-0.2, -0.15) is 0 Å². The van der Waals surface area contributed by atoms with Crippen molar-refractivity contribution in [2.24, 2.45) is 23.3 Å². The van der Waals surface area contributed by atoms with E-state index in [1.165, 1.54) is 103 Å². The van der Waals surface area contributed by atoms with Gasteiger partial charge in [0.15, 0.2) is 0 Å². The second-order valence-corrected chi connectivity index (χ2v) is 9.08. The van der Waals surface area contributed by atoms with Gasteiger partial charge in [-0.1, -0.05) is 166 Å². The van der Waals surface area contributed by atoms with E-state index in [0.717, 1.165) is 24.9 Å². The molecule has 0 fully saturated rings. The van der Waals surface area contributed by atoms with E-state index < -0.39 is 0 Å². The highest BCUT2D eigenvalue weighted by molar-refractivity contribution is 4.53. The molecule has 0 radical (unpaired) electrons. The molecule has 0 saturated heterocycles. The Kier molecular flexibility index (Phi) is 63.7. The monoisotopic (exact) mass is 461 g/mol. The normalized spacial score (nSPS) is 11.2. The van der Waals surface area contributed by atoms with Crippen molar-refractivity contribution in [2.45, 2.75) is 172 Å². The van der Waals surface area contributed by atoms with Crippen LogP contribution >= 0.6 is 0 Å². The van der Waals surface area contributed by atoms with Crippen molar-refractivity contribution in [1.29, 1.82) is 0 Å². The summed E-state index contributed by atoms with van der Waals surface area (Å²) in [5, 5.41) is 0. The molecule has 4 N–H and O–H groups in total. The zero-order chi connectivity index (χ0) is 25.9. The molecule has 202 valence electrons. The van der Waals surface area contributed by atoms with Gasteiger partial charge in [0.1, 0.15) is 0 Å². The van der Waals surface area contributed by atoms with Crippen molar-refractivity contribution in [2.75, 3.05) is 13.1 Å². The van der Waals surface area contributed by atoms with Gasteiger partial charge in [0.2, 0.25) is 0 Å². The van der Waals surface area contributed by atoms with Crippen LogP contribution in [0, 0.1) is 11.8 Å². The molecule has 0 aromatic rings. The SMILES string of the molecule is CC.CCC.CCCCCCC(C)CN.CCCCCCCCCCC(C)CC.CCN. The Morgan fingerprint density at radius 1 is 0.500 bits per heavy atom. The third-order valence-electron chi connectivity index (χ3n) is 5.20. The molecule has 0 aliphatic heterocycles. The second-order valence-electron chi connectivity index (χ2n) is 9.08. The molecule has 2 heteroatoms. The zero-order valence-electron chi connectivity index (χ0n) is 25.0. The summed E-state index contributed by atoms with van der Waals surface area (Å²) in [5.74, 6) is 1.69. The smallest absolute Gasteiger partial charge is 0.00515 e. The Labute approximate surface area is 208 Å². The average Bonchev–Trinajstić information content (AvgIpc) is 2.81. The largest absolute Gasteiger partial charge is 0.331 e. The van der Waals surface area contributed by atoms with Crippen LogP contribution in [0.3, 0.4) is 0 Å².